The molecule has 6 nitrogen and oxygen atoms in total. The summed E-state index contributed by atoms with van der Waals surface area (Å²) in [6.07, 6.45) is 0.656. The van der Waals surface area contributed by atoms with Crippen molar-refractivity contribution in [3.05, 3.63) is 53.6 Å². The molecular formula is C23H26N2O4S. The number of fused-ring (bicyclic) bond motifs is 1. The Morgan fingerprint density at radius 1 is 1.23 bits per heavy atom. The maximum Gasteiger partial charge on any atom is 0.225 e. The highest BCUT2D eigenvalue weighted by molar-refractivity contribution is 8.14. The van der Waals surface area contributed by atoms with Crippen molar-refractivity contribution in [1.29, 1.82) is 0 Å². The third kappa shape index (κ3) is 4.73. The molecule has 0 N–H and O–H groups in total. The van der Waals surface area contributed by atoms with E-state index < -0.39 is 0 Å². The molecule has 0 aromatic heterocycles. The first-order valence-corrected chi connectivity index (χ1v) is 11.2. The van der Waals surface area contributed by atoms with E-state index in [2.05, 4.69) is 0 Å². The van der Waals surface area contributed by atoms with Gasteiger partial charge in [-0.3, -0.25) is 14.7 Å². The van der Waals surface area contributed by atoms with Gasteiger partial charge in [0, 0.05) is 31.2 Å². The van der Waals surface area contributed by atoms with E-state index >= 15 is 0 Å². The fourth-order valence-corrected chi connectivity index (χ4v) is 4.61. The molecule has 1 fully saturated rings. The Labute approximate surface area is 181 Å². The van der Waals surface area contributed by atoms with E-state index in [1.165, 1.54) is 0 Å². The maximum atomic E-state index is 12.0. The summed E-state index contributed by atoms with van der Waals surface area (Å²) in [6, 6.07) is 13.7. The Kier molecular flexibility index (Phi) is 6.47. The fraction of sp³-hybridized carbons (Fsp3) is 0.391. The molecule has 1 atom stereocenters. The van der Waals surface area contributed by atoms with Crippen molar-refractivity contribution in [3.63, 3.8) is 0 Å². The van der Waals surface area contributed by atoms with E-state index in [1.54, 1.807) is 23.6 Å². The fourth-order valence-electron chi connectivity index (χ4n) is 3.58. The lowest BCUT2D eigenvalue weighted by molar-refractivity contribution is -0.124. The lowest BCUT2D eigenvalue weighted by Crippen LogP contribution is -2.29. The highest BCUT2D eigenvalue weighted by Crippen LogP contribution is 2.40. The summed E-state index contributed by atoms with van der Waals surface area (Å²) in [6.45, 7) is 5.88. The normalized spacial score (nSPS) is 17.8. The number of ether oxygens (including phenoxy) is 3. The molecule has 0 spiro atoms. The average molecular weight is 427 g/mol. The first kappa shape index (κ1) is 20.6. The van der Waals surface area contributed by atoms with E-state index in [9.17, 15) is 4.79 Å². The van der Waals surface area contributed by atoms with Gasteiger partial charge in [0.15, 0.2) is 16.7 Å². The standard InChI is InChI=1S/C23H26N2O4S/c1-16-5-3-6-18(15-16)27-11-9-20(24-23-25(17(2)26)10-14-30-23)19-7-4-8-21-22(19)29-13-12-28-21/h3-8,15,20H,9-14H2,1-2H3. The van der Waals surface area contributed by atoms with Crippen LogP contribution in [0.25, 0.3) is 0 Å². The summed E-state index contributed by atoms with van der Waals surface area (Å²) >= 11 is 1.61. The van der Waals surface area contributed by atoms with E-state index in [1.807, 2.05) is 49.4 Å². The van der Waals surface area contributed by atoms with Gasteiger partial charge in [-0.05, 0) is 30.7 Å². The molecule has 0 saturated carbocycles. The Morgan fingerprint density at radius 3 is 2.90 bits per heavy atom. The van der Waals surface area contributed by atoms with Crippen molar-refractivity contribution in [1.82, 2.24) is 4.90 Å². The second-order valence-corrected chi connectivity index (χ2v) is 8.33. The number of nitrogens with zero attached hydrogens (tertiary/aromatic N) is 2. The van der Waals surface area contributed by atoms with Gasteiger partial charge in [-0.2, -0.15) is 0 Å². The zero-order valence-corrected chi connectivity index (χ0v) is 18.1. The van der Waals surface area contributed by atoms with E-state index in [4.69, 9.17) is 19.2 Å². The molecule has 158 valence electrons. The zero-order valence-electron chi connectivity index (χ0n) is 17.3. The minimum atomic E-state index is -0.200. The predicted molar refractivity (Wildman–Crippen MR) is 119 cm³/mol. The van der Waals surface area contributed by atoms with Crippen molar-refractivity contribution in [2.45, 2.75) is 26.3 Å². The Morgan fingerprint density at radius 2 is 2.07 bits per heavy atom. The second kappa shape index (κ2) is 9.43. The van der Waals surface area contributed by atoms with Crippen LogP contribution in [-0.2, 0) is 4.79 Å². The molecule has 0 radical (unpaired) electrons. The number of hydrogen-bond acceptors (Lipinski definition) is 6. The van der Waals surface area contributed by atoms with E-state index in [0.29, 0.717) is 32.8 Å². The minimum absolute atomic E-state index is 0.0168. The van der Waals surface area contributed by atoms with Gasteiger partial charge in [-0.1, -0.05) is 36.0 Å². The number of para-hydroxylation sites is 1. The smallest absolute Gasteiger partial charge is 0.225 e. The van der Waals surface area contributed by atoms with Crippen LogP contribution < -0.4 is 14.2 Å². The van der Waals surface area contributed by atoms with Crippen LogP contribution in [0.2, 0.25) is 0 Å². The molecule has 7 heteroatoms. The van der Waals surface area contributed by atoms with Crippen LogP contribution in [0.5, 0.6) is 17.2 Å². The summed E-state index contributed by atoms with van der Waals surface area (Å²) < 4.78 is 17.7. The van der Waals surface area contributed by atoms with Crippen LogP contribution in [0.1, 0.15) is 30.5 Å². The number of aliphatic imine (C=N–C) groups is 1. The number of carbonyl (C=O) groups excluding carboxylic acids is 1. The Bertz CT molecular complexity index is 947. The summed E-state index contributed by atoms with van der Waals surface area (Å²) in [7, 11) is 0. The molecule has 2 aromatic carbocycles. The summed E-state index contributed by atoms with van der Waals surface area (Å²) in [5, 5.41) is 0.761. The van der Waals surface area contributed by atoms with Crippen LogP contribution in [0.4, 0.5) is 0 Å². The monoisotopic (exact) mass is 426 g/mol. The third-order valence-electron chi connectivity index (χ3n) is 5.03. The topological polar surface area (TPSA) is 60.4 Å². The van der Waals surface area contributed by atoms with Gasteiger partial charge in [-0.15, -0.1) is 0 Å². The van der Waals surface area contributed by atoms with Gasteiger partial charge in [0.1, 0.15) is 19.0 Å². The number of hydrogen-bond donors (Lipinski definition) is 0. The van der Waals surface area contributed by atoms with Crippen molar-refractivity contribution >= 4 is 22.8 Å². The van der Waals surface area contributed by atoms with Gasteiger partial charge in [0.05, 0.1) is 12.6 Å². The molecule has 0 aliphatic carbocycles. The molecule has 2 aromatic rings. The molecular weight excluding hydrogens is 400 g/mol. The number of rotatable bonds is 6. The first-order chi connectivity index (χ1) is 14.6. The average Bonchev–Trinajstić information content (AvgIpc) is 3.21. The van der Waals surface area contributed by atoms with Gasteiger partial charge in [0.2, 0.25) is 5.91 Å². The summed E-state index contributed by atoms with van der Waals surface area (Å²) in [5.41, 5.74) is 2.12. The first-order valence-electron chi connectivity index (χ1n) is 10.2. The summed E-state index contributed by atoms with van der Waals surface area (Å²) in [4.78, 5) is 18.7. The molecule has 1 unspecified atom stereocenters. The molecule has 2 aliphatic heterocycles. The van der Waals surface area contributed by atoms with E-state index in [-0.39, 0.29) is 11.9 Å². The molecule has 2 heterocycles. The maximum absolute atomic E-state index is 12.0. The minimum Gasteiger partial charge on any atom is -0.493 e. The summed E-state index contributed by atoms with van der Waals surface area (Å²) in [5.74, 6) is 3.20. The van der Waals surface area contributed by atoms with Crippen LogP contribution >= 0.6 is 11.8 Å². The van der Waals surface area contributed by atoms with Crippen molar-refractivity contribution in [2.75, 3.05) is 32.1 Å². The molecule has 4 rings (SSSR count). The number of carbonyl (C=O) groups is 1. The Balaban J connectivity index is 1.59. The van der Waals surface area contributed by atoms with Gasteiger partial charge in [-0.25, -0.2) is 0 Å². The molecule has 2 aliphatic rings. The highest BCUT2D eigenvalue weighted by atomic mass is 32.2. The second-order valence-electron chi connectivity index (χ2n) is 7.27. The number of amidine groups is 1. The van der Waals surface area contributed by atoms with Gasteiger partial charge >= 0.3 is 0 Å². The van der Waals surface area contributed by atoms with Gasteiger partial charge in [0.25, 0.3) is 0 Å². The SMILES string of the molecule is CC(=O)N1CCSC1=NC(CCOc1cccc(C)c1)c1cccc2c1OCCO2. The number of amides is 1. The highest BCUT2D eigenvalue weighted by Gasteiger charge is 2.27. The molecule has 1 saturated heterocycles. The van der Waals surface area contributed by atoms with Crippen LogP contribution in [-0.4, -0.2) is 48.1 Å². The van der Waals surface area contributed by atoms with Crippen LogP contribution in [0.15, 0.2) is 47.5 Å². The Hall–Kier alpha value is -2.67. The number of aryl methyl sites for hydroxylation is 1. The third-order valence-corrected chi connectivity index (χ3v) is 6.00. The zero-order chi connectivity index (χ0) is 20.9. The quantitative estimate of drug-likeness (QED) is 0.692. The van der Waals surface area contributed by atoms with Crippen molar-refractivity contribution < 1.29 is 19.0 Å². The van der Waals surface area contributed by atoms with Gasteiger partial charge < -0.3 is 14.2 Å². The molecule has 30 heavy (non-hydrogen) atoms. The van der Waals surface area contributed by atoms with Crippen LogP contribution in [0, 0.1) is 6.92 Å². The largest absolute Gasteiger partial charge is 0.493 e. The lowest BCUT2D eigenvalue weighted by atomic mass is 10.0. The number of thioether (sulfide) groups is 1. The molecule has 0 bridgehead atoms. The van der Waals surface area contributed by atoms with E-state index in [0.717, 1.165) is 39.3 Å². The van der Waals surface area contributed by atoms with Crippen molar-refractivity contribution in [2.24, 2.45) is 4.99 Å². The number of benzene rings is 2. The predicted octanol–water partition coefficient (Wildman–Crippen LogP) is 4.23. The lowest BCUT2D eigenvalue weighted by Gasteiger charge is -2.24. The van der Waals surface area contributed by atoms with Crippen LogP contribution in [0.3, 0.4) is 0 Å². The molecule has 1 amide bonds. The van der Waals surface area contributed by atoms with Crippen molar-refractivity contribution in [3.8, 4) is 17.2 Å².